The smallest absolute Gasteiger partial charge is 0.254 e. The van der Waals surface area contributed by atoms with Gasteiger partial charge in [0.25, 0.3) is 5.91 Å². The zero-order valence-corrected chi connectivity index (χ0v) is 14.8. The molecule has 1 aromatic heterocycles. The van der Waals surface area contributed by atoms with E-state index in [0.717, 1.165) is 27.9 Å². The van der Waals surface area contributed by atoms with Crippen molar-refractivity contribution in [3.05, 3.63) is 71.4 Å². The van der Waals surface area contributed by atoms with E-state index in [-0.39, 0.29) is 5.91 Å². The highest BCUT2D eigenvalue weighted by Crippen LogP contribution is 2.21. The summed E-state index contributed by atoms with van der Waals surface area (Å²) in [6.07, 6.45) is 0. The lowest BCUT2D eigenvalue weighted by Gasteiger charge is -2.19. The summed E-state index contributed by atoms with van der Waals surface area (Å²) in [4.78, 5) is 19.1. The molecule has 0 saturated carbocycles. The lowest BCUT2D eigenvalue weighted by molar-refractivity contribution is 0.0775. The zero-order valence-electron chi connectivity index (χ0n) is 14.8. The molecule has 0 saturated heterocycles. The van der Waals surface area contributed by atoms with Gasteiger partial charge in [0.1, 0.15) is 12.4 Å². The van der Waals surface area contributed by atoms with Gasteiger partial charge in [0.2, 0.25) is 0 Å². The SMILES string of the molecule is Cc1ccc2nc(C)cc(C(=O)N(C)CCOc3ccccc3)c2c1. The molecule has 3 rings (SSSR count). The van der Waals surface area contributed by atoms with Gasteiger partial charge in [-0.25, -0.2) is 0 Å². The number of hydrogen-bond acceptors (Lipinski definition) is 3. The van der Waals surface area contributed by atoms with Crippen LogP contribution in [0.4, 0.5) is 0 Å². The third-order valence-corrected chi connectivity index (χ3v) is 4.11. The Morgan fingerprint density at radius 1 is 1.08 bits per heavy atom. The fraction of sp³-hybridized carbons (Fsp3) is 0.238. The van der Waals surface area contributed by atoms with Crippen molar-refractivity contribution in [3.63, 3.8) is 0 Å². The molecule has 0 atom stereocenters. The highest BCUT2D eigenvalue weighted by molar-refractivity contribution is 6.06. The molecule has 4 nitrogen and oxygen atoms in total. The van der Waals surface area contributed by atoms with Crippen molar-refractivity contribution >= 4 is 16.8 Å². The first-order chi connectivity index (χ1) is 12.0. The number of aromatic nitrogens is 1. The summed E-state index contributed by atoms with van der Waals surface area (Å²) in [5, 5.41) is 0.895. The number of rotatable bonds is 5. The average molecular weight is 334 g/mol. The highest BCUT2D eigenvalue weighted by Gasteiger charge is 2.16. The molecule has 0 spiro atoms. The van der Waals surface area contributed by atoms with Crippen LogP contribution >= 0.6 is 0 Å². The highest BCUT2D eigenvalue weighted by atomic mass is 16.5. The molecule has 0 radical (unpaired) electrons. The predicted molar refractivity (Wildman–Crippen MR) is 100 cm³/mol. The lowest BCUT2D eigenvalue weighted by Crippen LogP contribution is -2.31. The van der Waals surface area contributed by atoms with Crippen molar-refractivity contribution in [3.8, 4) is 5.75 Å². The first-order valence-corrected chi connectivity index (χ1v) is 8.36. The van der Waals surface area contributed by atoms with Gasteiger partial charge in [-0.05, 0) is 44.2 Å². The van der Waals surface area contributed by atoms with Crippen LogP contribution in [0.25, 0.3) is 10.9 Å². The van der Waals surface area contributed by atoms with E-state index < -0.39 is 0 Å². The molecule has 0 aliphatic heterocycles. The van der Waals surface area contributed by atoms with E-state index in [1.54, 1.807) is 11.9 Å². The van der Waals surface area contributed by atoms with Gasteiger partial charge < -0.3 is 9.64 Å². The van der Waals surface area contributed by atoms with Crippen LogP contribution in [0.2, 0.25) is 0 Å². The monoisotopic (exact) mass is 334 g/mol. The number of ether oxygens (including phenoxy) is 1. The van der Waals surface area contributed by atoms with Crippen molar-refractivity contribution < 1.29 is 9.53 Å². The minimum absolute atomic E-state index is 0.0160. The summed E-state index contributed by atoms with van der Waals surface area (Å²) < 4.78 is 5.69. The van der Waals surface area contributed by atoms with Crippen LogP contribution in [0, 0.1) is 13.8 Å². The number of nitrogens with zero attached hydrogens (tertiary/aromatic N) is 2. The number of fused-ring (bicyclic) bond motifs is 1. The first-order valence-electron chi connectivity index (χ1n) is 8.36. The largest absolute Gasteiger partial charge is 0.492 e. The van der Waals surface area contributed by atoms with Gasteiger partial charge in [-0.15, -0.1) is 0 Å². The van der Waals surface area contributed by atoms with Crippen LogP contribution in [0.1, 0.15) is 21.6 Å². The molecule has 0 unspecified atom stereocenters. The number of aryl methyl sites for hydroxylation is 2. The summed E-state index contributed by atoms with van der Waals surface area (Å²) >= 11 is 0. The van der Waals surface area contributed by atoms with E-state index in [2.05, 4.69) is 4.98 Å². The Morgan fingerprint density at radius 3 is 2.60 bits per heavy atom. The summed E-state index contributed by atoms with van der Waals surface area (Å²) in [5.41, 5.74) is 3.49. The molecular weight excluding hydrogens is 312 g/mol. The van der Waals surface area contributed by atoms with Crippen molar-refractivity contribution in [1.82, 2.24) is 9.88 Å². The summed E-state index contributed by atoms with van der Waals surface area (Å²) in [6.45, 7) is 4.90. The molecule has 3 aromatic rings. The number of carbonyl (C=O) groups excluding carboxylic acids is 1. The van der Waals surface area contributed by atoms with Gasteiger partial charge >= 0.3 is 0 Å². The molecule has 1 heterocycles. The van der Waals surface area contributed by atoms with Crippen LogP contribution in [-0.4, -0.2) is 36.0 Å². The van der Waals surface area contributed by atoms with Crippen LogP contribution in [0.3, 0.4) is 0 Å². The Labute approximate surface area is 148 Å². The van der Waals surface area contributed by atoms with Crippen LogP contribution < -0.4 is 4.74 Å². The number of hydrogen-bond donors (Lipinski definition) is 0. The molecule has 0 bridgehead atoms. The number of carbonyl (C=O) groups is 1. The van der Waals surface area contributed by atoms with Gasteiger partial charge in [0.05, 0.1) is 17.6 Å². The zero-order chi connectivity index (χ0) is 17.8. The first kappa shape index (κ1) is 17.0. The molecule has 2 aromatic carbocycles. The molecule has 1 amide bonds. The number of likely N-dealkylation sites (N-methyl/N-ethyl adjacent to an activating group) is 1. The fourth-order valence-corrected chi connectivity index (χ4v) is 2.77. The summed E-state index contributed by atoms with van der Waals surface area (Å²) in [6, 6.07) is 17.5. The summed E-state index contributed by atoms with van der Waals surface area (Å²) in [5.74, 6) is 0.793. The van der Waals surface area contributed by atoms with Crippen molar-refractivity contribution in [1.29, 1.82) is 0 Å². The second-order valence-electron chi connectivity index (χ2n) is 6.22. The average Bonchev–Trinajstić information content (AvgIpc) is 2.61. The van der Waals surface area contributed by atoms with E-state index in [0.29, 0.717) is 18.7 Å². The Balaban J connectivity index is 1.75. The summed E-state index contributed by atoms with van der Waals surface area (Å²) in [7, 11) is 1.80. The Hall–Kier alpha value is -2.88. The molecule has 0 aliphatic rings. The quantitative estimate of drug-likeness (QED) is 0.708. The van der Waals surface area contributed by atoms with Gasteiger partial charge in [-0.2, -0.15) is 0 Å². The van der Waals surface area contributed by atoms with E-state index in [1.165, 1.54) is 0 Å². The Morgan fingerprint density at radius 2 is 1.84 bits per heavy atom. The second kappa shape index (κ2) is 7.34. The van der Waals surface area contributed by atoms with Gasteiger partial charge in [-0.1, -0.05) is 29.8 Å². The second-order valence-corrected chi connectivity index (χ2v) is 6.22. The molecule has 4 heteroatoms. The minimum atomic E-state index is -0.0160. The van der Waals surface area contributed by atoms with Gasteiger partial charge in [0, 0.05) is 18.1 Å². The van der Waals surface area contributed by atoms with Crippen molar-refractivity contribution in [2.75, 3.05) is 20.2 Å². The number of benzene rings is 2. The maximum atomic E-state index is 12.9. The van der Waals surface area contributed by atoms with E-state index in [1.807, 2.05) is 68.4 Å². The van der Waals surface area contributed by atoms with Crippen molar-refractivity contribution in [2.45, 2.75) is 13.8 Å². The lowest BCUT2D eigenvalue weighted by atomic mass is 10.0. The maximum absolute atomic E-state index is 12.9. The molecule has 128 valence electrons. The number of pyridine rings is 1. The third kappa shape index (κ3) is 3.97. The van der Waals surface area contributed by atoms with E-state index >= 15 is 0 Å². The number of amides is 1. The normalized spacial score (nSPS) is 10.7. The van der Waals surface area contributed by atoms with Crippen LogP contribution in [0.15, 0.2) is 54.6 Å². The van der Waals surface area contributed by atoms with Crippen molar-refractivity contribution in [2.24, 2.45) is 0 Å². The standard InChI is InChI=1S/C21H22N2O2/c1-15-9-10-20-18(13-15)19(14-16(2)22-20)21(24)23(3)11-12-25-17-7-5-4-6-8-17/h4-10,13-14H,11-12H2,1-3H3. The van der Waals surface area contributed by atoms with Crippen LogP contribution in [0.5, 0.6) is 5.75 Å². The number of para-hydroxylation sites is 1. The van der Waals surface area contributed by atoms with Crippen LogP contribution in [-0.2, 0) is 0 Å². The van der Waals surface area contributed by atoms with Gasteiger partial charge in [-0.3, -0.25) is 9.78 Å². The van der Waals surface area contributed by atoms with E-state index in [4.69, 9.17) is 4.74 Å². The minimum Gasteiger partial charge on any atom is -0.492 e. The van der Waals surface area contributed by atoms with E-state index in [9.17, 15) is 4.79 Å². The molecule has 0 N–H and O–H groups in total. The fourth-order valence-electron chi connectivity index (χ4n) is 2.77. The van der Waals surface area contributed by atoms with Gasteiger partial charge in [0.15, 0.2) is 0 Å². The molecule has 25 heavy (non-hydrogen) atoms. The topological polar surface area (TPSA) is 42.4 Å². The Bertz CT molecular complexity index is 891. The Kier molecular flexibility index (Phi) is 4.98. The molecule has 0 fully saturated rings. The molecular formula is C21H22N2O2. The predicted octanol–water partition coefficient (Wildman–Crippen LogP) is 4.00. The molecule has 0 aliphatic carbocycles. The third-order valence-electron chi connectivity index (χ3n) is 4.11. The maximum Gasteiger partial charge on any atom is 0.254 e.